The number of nitrogens with one attached hydrogen (secondary N) is 2. The highest BCUT2D eigenvalue weighted by Crippen LogP contribution is 2.24. The standard InChI is InChI=1S/C20H34N4O4S/c1-20(2,29(6,25)26)14-22-19(21-3)23-16-7-8-24(13-16)12-15-9-17(27-4)11-18(10-15)28-5/h9-11,16H,7-8,12-14H2,1-6H3,(H2,21,22,23). The van der Waals surface area contributed by atoms with E-state index in [0.29, 0.717) is 12.5 Å². The number of nitrogens with zero attached hydrogens (tertiary/aromatic N) is 2. The van der Waals surface area contributed by atoms with Gasteiger partial charge in [-0.25, -0.2) is 8.42 Å². The predicted octanol–water partition coefficient (Wildman–Crippen LogP) is 1.27. The van der Waals surface area contributed by atoms with E-state index < -0.39 is 14.6 Å². The second-order valence-electron chi connectivity index (χ2n) is 8.04. The first-order valence-electron chi connectivity index (χ1n) is 9.69. The minimum absolute atomic E-state index is 0.245. The van der Waals surface area contributed by atoms with Crippen molar-refractivity contribution in [3.8, 4) is 11.5 Å². The fraction of sp³-hybridized carbons (Fsp3) is 0.650. The lowest BCUT2D eigenvalue weighted by atomic mass is 10.2. The molecule has 0 aromatic heterocycles. The summed E-state index contributed by atoms with van der Waals surface area (Å²) in [4.78, 5) is 6.60. The number of aliphatic imine (C=N–C) groups is 1. The zero-order valence-corrected chi connectivity index (χ0v) is 19.1. The molecule has 1 atom stereocenters. The molecule has 9 heteroatoms. The van der Waals surface area contributed by atoms with Crippen molar-refractivity contribution in [3.05, 3.63) is 23.8 Å². The molecule has 164 valence electrons. The van der Waals surface area contributed by atoms with Gasteiger partial charge in [0, 0.05) is 51.6 Å². The normalized spacial score (nSPS) is 18.6. The van der Waals surface area contributed by atoms with Crippen LogP contribution in [0.3, 0.4) is 0 Å². The van der Waals surface area contributed by atoms with Crippen LogP contribution in [0.25, 0.3) is 0 Å². The molecule has 0 radical (unpaired) electrons. The number of rotatable bonds is 8. The Labute approximate surface area is 174 Å². The van der Waals surface area contributed by atoms with Crippen LogP contribution in [0, 0.1) is 0 Å². The lowest BCUT2D eigenvalue weighted by molar-refractivity contribution is 0.321. The summed E-state index contributed by atoms with van der Waals surface area (Å²) in [5.74, 6) is 2.19. The Bertz CT molecular complexity index is 802. The van der Waals surface area contributed by atoms with E-state index in [2.05, 4.69) is 20.5 Å². The molecule has 0 spiro atoms. The molecule has 2 N–H and O–H groups in total. The average Bonchev–Trinajstić information content (AvgIpc) is 3.10. The van der Waals surface area contributed by atoms with Crippen molar-refractivity contribution >= 4 is 15.8 Å². The van der Waals surface area contributed by atoms with Crippen molar-refractivity contribution in [1.82, 2.24) is 15.5 Å². The maximum Gasteiger partial charge on any atom is 0.191 e. The van der Waals surface area contributed by atoms with Crippen molar-refractivity contribution in [2.75, 3.05) is 47.2 Å². The summed E-state index contributed by atoms with van der Waals surface area (Å²) in [7, 11) is 1.83. The third-order valence-electron chi connectivity index (χ3n) is 5.34. The van der Waals surface area contributed by atoms with Crippen LogP contribution in [0.15, 0.2) is 23.2 Å². The van der Waals surface area contributed by atoms with Gasteiger partial charge in [0.2, 0.25) is 0 Å². The van der Waals surface area contributed by atoms with E-state index >= 15 is 0 Å². The zero-order valence-electron chi connectivity index (χ0n) is 18.3. The summed E-state index contributed by atoms with van der Waals surface area (Å²) in [5.41, 5.74) is 1.14. The molecule has 0 saturated carbocycles. The second-order valence-corrected chi connectivity index (χ2v) is 10.7. The zero-order chi connectivity index (χ0) is 21.7. The van der Waals surface area contributed by atoms with Crippen LogP contribution in [0.4, 0.5) is 0 Å². The molecule has 1 aromatic carbocycles. The summed E-state index contributed by atoms with van der Waals surface area (Å²) in [6, 6.07) is 6.16. The van der Waals surface area contributed by atoms with Gasteiger partial charge in [-0.15, -0.1) is 0 Å². The van der Waals surface area contributed by atoms with Crippen LogP contribution in [0.1, 0.15) is 25.8 Å². The topological polar surface area (TPSA) is 92.3 Å². The molecule has 0 aliphatic carbocycles. The third kappa shape index (κ3) is 6.50. The van der Waals surface area contributed by atoms with Gasteiger partial charge in [0.1, 0.15) is 11.5 Å². The first-order valence-corrected chi connectivity index (χ1v) is 11.6. The molecule has 1 heterocycles. The van der Waals surface area contributed by atoms with E-state index in [4.69, 9.17) is 9.47 Å². The Hall–Kier alpha value is -2.00. The highest BCUT2D eigenvalue weighted by atomic mass is 32.2. The van der Waals surface area contributed by atoms with E-state index in [0.717, 1.165) is 43.1 Å². The summed E-state index contributed by atoms with van der Waals surface area (Å²) in [6.45, 7) is 6.35. The molecule has 1 aliphatic heterocycles. The molecule has 1 fully saturated rings. The fourth-order valence-electron chi connectivity index (χ4n) is 3.13. The first-order chi connectivity index (χ1) is 13.6. The molecule has 2 rings (SSSR count). The van der Waals surface area contributed by atoms with E-state index in [1.54, 1.807) is 35.1 Å². The minimum atomic E-state index is -3.16. The quantitative estimate of drug-likeness (QED) is 0.478. The number of hydrogen-bond acceptors (Lipinski definition) is 6. The minimum Gasteiger partial charge on any atom is -0.497 e. The van der Waals surface area contributed by atoms with E-state index in [-0.39, 0.29) is 6.04 Å². The van der Waals surface area contributed by atoms with E-state index in [1.165, 1.54) is 6.26 Å². The van der Waals surface area contributed by atoms with Gasteiger partial charge in [0.05, 0.1) is 19.0 Å². The molecule has 8 nitrogen and oxygen atoms in total. The molecular formula is C20H34N4O4S. The number of hydrogen-bond donors (Lipinski definition) is 2. The molecule has 0 bridgehead atoms. The fourth-order valence-corrected chi connectivity index (χ4v) is 3.46. The Balaban J connectivity index is 1.90. The van der Waals surface area contributed by atoms with Crippen molar-refractivity contribution in [3.63, 3.8) is 0 Å². The van der Waals surface area contributed by atoms with Gasteiger partial charge >= 0.3 is 0 Å². The van der Waals surface area contributed by atoms with Crippen LogP contribution in [0.5, 0.6) is 11.5 Å². The van der Waals surface area contributed by atoms with Crippen LogP contribution < -0.4 is 20.1 Å². The van der Waals surface area contributed by atoms with Crippen molar-refractivity contribution < 1.29 is 17.9 Å². The van der Waals surface area contributed by atoms with E-state index in [9.17, 15) is 8.42 Å². The number of benzene rings is 1. The maximum absolute atomic E-state index is 11.9. The Morgan fingerprint density at radius 3 is 2.38 bits per heavy atom. The number of sulfone groups is 1. The van der Waals surface area contributed by atoms with Gasteiger partial charge in [-0.2, -0.15) is 0 Å². The van der Waals surface area contributed by atoms with Gasteiger partial charge in [0.25, 0.3) is 0 Å². The summed E-state index contributed by atoms with van der Waals surface area (Å²) in [6.07, 6.45) is 2.24. The number of ether oxygens (including phenoxy) is 2. The molecule has 0 amide bonds. The third-order valence-corrected chi connectivity index (χ3v) is 7.49. The molecule has 1 saturated heterocycles. The lowest BCUT2D eigenvalue weighted by Crippen LogP contribution is -2.50. The largest absolute Gasteiger partial charge is 0.497 e. The van der Waals surface area contributed by atoms with Gasteiger partial charge in [-0.05, 0) is 38.0 Å². The van der Waals surface area contributed by atoms with Gasteiger partial charge in [0.15, 0.2) is 15.8 Å². The average molecular weight is 427 g/mol. The molecule has 1 aliphatic rings. The van der Waals surface area contributed by atoms with Crippen LogP contribution in [0.2, 0.25) is 0 Å². The summed E-state index contributed by atoms with van der Waals surface area (Å²) >= 11 is 0. The maximum atomic E-state index is 11.9. The van der Waals surface area contributed by atoms with Crippen molar-refractivity contribution in [2.45, 2.75) is 37.6 Å². The SMILES string of the molecule is CN=C(NCC(C)(C)S(C)(=O)=O)NC1CCN(Cc2cc(OC)cc(OC)c2)C1. The molecule has 1 aromatic rings. The highest BCUT2D eigenvalue weighted by Gasteiger charge is 2.31. The van der Waals surface area contributed by atoms with Crippen LogP contribution in [-0.2, 0) is 16.4 Å². The molecule has 29 heavy (non-hydrogen) atoms. The number of methoxy groups -OCH3 is 2. The molecule has 1 unspecified atom stereocenters. The van der Waals surface area contributed by atoms with E-state index in [1.807, 2.05) is 18.2 Å². The van der Waals surface area contributed by atoms with Gasteiger partial charge < -0.3 is 20.1 Å². The Morgan fingerprint density at radius 1 is 1.24 bits per heavy atom. The summed E-state index contributed by atoms with van der Waals surface area (Å²) in [5, 5.41) is 6.55. The predicted molar refractivity (Wildman–Crippen MR) is 117 cm³/mol. The summed E-state index contributed by atoms with van der Waals surface area (Å²) < 4.78 is 33.6. The van der Waals surface area contributed by atoms with Crippen LogP contribution >= 0.6 is 0 Å². The smallest absolute Gasteiger partial charge is 0.191 e. The van der Waals surface area contributed by atoms with Crippen molar-refractivity contribution in [2.24, 2.45) is 4.99 Å². The van der Waals surface area contributed by atoms with Crippen LogP contribution in [-0.4, -0.2) is 77.2 Å². The Morgan fingerprint density at radius 2 is 1.86 bits per heavy atom. The second kappa shape index (κ2) is 9.67. The monoisotopic (exact) mass is 426 g/mol. The van der Waals surface area contributed by atoms with Crippen molar-refractivity contribution in [1.29, 1.82) is 0 Å². The van der Waals surface area contributed by atoms with Gasteiger partial charge in [-0.1, -0.05) is 0 Å². The first kappa shape index (κ1) is 23.3. The number of likely N-dealkylation sites (tertiary alicyclic amines) is 1. The van der Waals surface area contributed by atoms with Gasteiger partial charge in [-0.3, -0.25) is 9.89 Å². The number of guanidine groups is 1. The molecular weight excluding hydrogens is 392 g/mol. The highest BCUT2D eigenvalue weighted by molar-refractivity contribution is 7.92. The Kier molecular flexibility index (Phi) is 7.76. The lowest BCUT2D eigenvalue weighted by Gasteiger charge is -2.25.